The van der Waals surface area contributed by atoms with Crippen LogP contribution in [0.5, 0.6) is 0 Å². The highest BCUT2D eigenvalue weighted by atomic mass is 28.2. The van der Waals surface area contributed by atoms with Gasteiger partial charge in [-0.3, -0.25) is 0 Å². The Labute approximate surface area is 138 Å². The lowest BCUT2D eigenvalue weighted by molar-refractivity contribution is 0.569. The quantitative estimate of drug-likeness (QED) is 0.340. The molecule has 1 aromatic rings. The second-order valence-corrected chi connectivity index (χ2v) is 9.47. The first-order chi connectivity index (χ1) is 10.2. The largest absolute Gasteiger partial charge is 0.389 e. The maximum atomic E-state index is 9.63. The Balaban J connectivity index is 0.000000541. The van der Waals surface area contributed by atoms with Gasteiger partial charge in [0, 0.05) is 0 Å². The molecule has 1 aliphatic rings. The van der Waals surface area contributed by atoms with Crippen molar-refractivity contribution in [3.63, 3.8) is 0 Å². The third-order valence-corrected chi connectivity index (χ3v) is 4.18. The molecule has 0 saturated heterocycles. The third-order valence-electron chi connectivity index (χ3n) is 4.18. The summed E-state index contributed by atoms with van der Waals surface area (Å²) in [7, 11) is -1.13. The van der Waals surface area contributed by atoms with Crippen LogP contribution in [0.4, 0.5) is 0 Å². The van der Waals surface area contributed by atoms with Crippen molar-refractivity contribution in [1.29, 1.82) is 0 Å². The Morgan fingerprint density at radius 3 is 2.09 bits per heavy atom. The molecule has 0 amide bonds. The van der Waals surface area contributed by atoms with Crippen molar-refractivity contribution in [3.05, 3.63) is 47.5 Å². The van der Waals surface area contributed by atoms with Gasteiger partial charge in [0.05, 0.1) is 0 Å². The minimum atomic E-state index is -1.13. The van der Waals surface area contributed by atoms with Crippen LogP contribution >= 0.6 is 0 Å². The predicted octanol–water partition coefficient (Wildman–Crippen LogP) is 6.26. The number of allylic oxidation sites excluding steroid dienone is 1. The van der Waals surface area contributed by atoms with Crippen molar-refractivity contribution in [1.82, 2.24) is 0 Å². The minimum Gasteiger partial charge on any atom is -0.389 e. The van der Waals surface area contributed by atoms with E-state index in [-0.39, 0.29) is 5.41 Å². The van der Waals surface area contributed by atoms with Crippen molar-refractivity contribution < 1.29 is 4.46 Å². The molecule has 0 heterocycles. The summed E-state index contributed by atoms with van der Waals surface area (Å²) in [5, 5.41) is 0. The van der Waals surface area contributed by atoms with Gasteiger partial charge in [-0.15, -0.1) is 0 Å². The predicted molar refractivity (Wildman–Crippen MR) is 98.3 cm³/mol. The lowest BCUT2D eigenvalue weighted by Gasteiger charge is -2.21. The fourth-order valence-corrected chi connectivity index (χ4v) is 2.83. The normalized spacial score (nSPS) is 19.0. The molecule has 0 aromatic heterocycles. The van der Waals surface area contributed by atoms with Gasteiger partial charge in [-0.1, -0.05) is 57.2 Å². The Bertz CT molecular complexity index is 489. The van der Waals surface area contributed by atoms with Gasteiger partial charge in [0.1, 0.15) is 0 Å². The SMILES string of the molecule is C=C1CCC[C@@H](c2ccc(C(C)(C)C)cc2)CC1.C[Si](C)=O. The van der Waals surface area contributed by atoms with Crippen LogP contribution < -0.4 is 0 Å². The van der Waals surface area contributed by atoms with Crippen molar-refractivity contribution in [2.75, 3.05) is 0 Å². The summed E-state index contributed by atoms with van der Waals surface area (Å²) in [6.07, 6.45) is 6.37. The van der Waals surface area contributed by atoms with E-state index < -0.39 is 8.68 Å². The average Bonchev–Trinajstić information content (AvgIpc) is 2.62. The molecule has 1 nitrogen and oxygen atoms in total. The molecule has 1 aromatic carbocycles. The molecule has 1 fully saturated rings. The Morgan fingerprint density at radius 1 is 1.05 bits per heavy atom. The number of hydrogen-bond acceptors (Lipinski definition) is 1. The fourth-order valence-electron chi connectivity index (χ4n) is 2.83. The molecule has 0 radical (unpaired) electrons. The van der Waals surface area contributed by atoms with E-state index in [2.05, 4.69) is 51.6 Å². The maximum Gasteiger partial charge on any atom is 0.270 e. The van der Waals surface area contributed by atoms with Crippen molar-refractivity contribution >= 4 is 8.68 Å². The molecule has 2 rings (SSSR count). The molecule has 2 heteroatoms. The average molecular weight is 317 g/mol. The molecule has 0 aliphatic heterocycles. The van der Waals surface area contributed by atoms with E-state index in [1.807, 2.05) is 0 Å². The van der Waals surface area contributed by atoms with Crippen LogP contribution in [0, 0.1) is 0 Å². The highest BCUT2D eigenvalue weighted by Gasteiger charge is 2.17. The van der Waals surface area contributed by atoms with E-state index in [0.29, 0.717) is 0 Å². The van der Waals surface area contributed by atoms with Gasteiger partial charge in [0.25, 0.3) is 8.68 Å². The van der Waals surface area contributed by atoms with Crippen LogP contribution in [0.15, 0.2) is 36.4 Å². The monoisotopic (exact) mass is 316 g/mol. The molecule has 0 bridgehead atoms. The highest BCUT2D eigenvalue weighted by Crippen LogP contribution is 2.34. The zero-order valence-electron chi connectivity index (χ0n) is 15.0. The highest BCUT2D eigenvalue weighted by molar-refractivity contribution is 6.38. The Hall–Kier alpha value is -1.02. The van der Waals surface area contributed by atoms with E-state index in [9.17, 15) is 4.46 Å². The van der Waals surface area contributed by atoms with Crippen molar-refractivity contribution in [3.8, 4) is 0 Å². The molecular weight excluding hydrogens is 284 g/mol. The topological polar surface area (TPSA) is 17.1 Å². The summed E-state index contributed by atoms with van der Waals surface area (Å²) >= 11 is 0. The lowest BCUT2D eigenvalue weighted by Crippen LogP contribution is -2.11. The second-order valence-electron chi connectivity index (χ2n) is 7.66. The maximum absolute atomic E-state index is 9.63. The van der Waals surface area contributed by atoms with Gasteiger partial charge >= 0.3 is 0 Å². The number of rotatable bonds is 1. The first-order valence-corrected chi connectivity index (χ1v) is 10.8. The summed E-state index contributed by atoms with van der Waals surface area (Å²) in [5.74, 6) is 0.748. The zero-order chi connectivity index (χ0) is 16.8. The molecule has 0 unspecified atom stereocenters. The third kappa shape index (κ3) is 6.82. The van der Waals surface area contributed by atoms with Crippen molar-refractivity contribution in [2.24, 2.45) is 0 Å². The molecule has 1 atom stereocenters. The van der Waals surface area contributed by atoms with Gasteiger partial charge in [-0.2, -0.15) is 0 Å². The zero-order valence-corrected chi connectivity index (χ0v) is 16.0. The first-order valence-electron chi connectivity index (χ1n) is 8.44. The standard InChI is InChI=1S/C18H26.C2H6OSi/c1-14-6-5-7-15(9-8-14)16-10-12-17(13-11-16)18(2,3)4;1-4(2)3/h10-13,15H,1,5-9H2,2-4H3;1-2H3/t15-;/m1./s1. The molecule has 22 heavy (non-hydrogen) atoms. The van der Waals surface area contributed by atoms with E-state index >= 15 is 0 Å². The lowest BCUT2D eigenvalue weighted by atomic mass is 9.84. The van der Waals surface area contributed by atoms with Crippen LogP contribution in [0.3, 0.4) is 0 Å². The summed E-state index contributed by atoms with van der Waals surface area (Å²) in [5.41, 5.74) is 4.67. The molecule has 1 saturated carbocycles. The smallest absolute Gasteiger partial charge is 0.270 e. The van der Waals surface area contributed by atoms with Gasteiger partial charge in [-0.25, -0.2) is 0 Å². The number of benzene rings is 1. The van der Waals surface area contributed by atoms with Gasteiger partial charge in [-0.05, 0) is 67.7 Å². The van der Waals surface area contributed by atoms with Crippen molar-refractivity contribution in [2.45, 2.75) is 77.3 Å². The Morgan fingerprint density at radius 2 is 1.59 bits per heavy atom. The van der Waals surface area contributed by atoms with E-state index in [1.165, 1.54) is 48.8 Å². The van der Waals surface area contributed by atoms with E-state index in [1.54, 1.807) is 13.1 Å². The first kappa shape index (κ1) is 19.0. The molecule has 1 aliphatic carbocycles. The molecule has 0 spiro atoms. The van der Waals surface area contributed by atoms with Crippen LogP contribution in [0.2, 0.25) is 13.1 Å². The van der Waals surface area contributed by atoms with E-state index in [4.69, 9.17) is 0 Å². The van der Waals surface area contributed by atoms with Gasteiger partial charge < -0.3 is 4.46 Å². The number of hydrogen-bond donors (Lipinski definition) is 0. The molecular formula is C20H32OSi. The summed E-state index contributed by atoms with van der Waals surface area (Å²) in [4.78, 5) is 0. The van der Waals surface area contributed by atoms with Gasteiger partial charge in [0.15, 0.2) is 0 Å². The van der Waals surface area contributed by atoms with Crippen LogP contribution in [-0.4, -0.2) is 8.68 Å². The second kappa shape index (κ2) is 8.57. The summed E-state index contributed by atoms with van der Waals surface area (Å²) in [6.45, 7) is 14.4. The minimum absolute atomic E-state index is 0.260. The summed E-state index contributed by atoms with van der Waals surface area (Å²) < 4.78 is 9.63. The van der Waals surface area contributed by atoms with Gasteiger partial charge in [0.2, 0.25) is 0 Å². The molecule has 122 valence electrons. The molecule has 0 N–H and O–H groups in total. The van der Waals surface area contributed by atoms with Crippen LogP contribution in [0.1, 0.15) is 69.9 Å². The fraction of sp³-hybridized carbons (Fsp3) is 0.600. The van der Waals surface area contributed by atoms with Crippen LogP contribution in [0.25, 0.3) is 0 Å². The van der Waals surface area contributed by atoms with Crippen LogP contribution in [-0.2, 0) is 9.88 Å². The summed E-state index contributed by atoms with van der Waals surface area (Å²) in [6, 6.07) is 9.32. The van der Waals surface area contributed by atoms with E-state index in [0.717, 1.165) is 5.92 Å². The Kier molecular flexibility index (Phi) is 7.41.